The first-order valence-corrected chi connectivity index (χ1v) is 8.13. The summed E-state index contributed by atoms with van der Waals surface area (Å²) < 4.78 is 0. The van der Waals surface area contributed by atoms with Crippen LogP contribution in [0.4, 0.5) is 5.13 Å². The number of carbonyl (C=O) groups excluding carboxylic acids is 1. The summed E-state index contributed by atoms with van der Waals surface area (Å²) in [5.74, 6) is -0.312. The fourth-order valence-corrected chi connectivity index (χ4v) is 3.48. The van der Waals surface area contributed by atoms with Crippen molar-refractivity contribution in [3.8, 4) is 16.6 Å². The summed E-state index contributed by atoms with van der Waals surface area (Å²) in [4.78, 5) is 12.5. The maximum Gasteiger partial charge on any atom is 0.267 e. The molecule has 1 N–H and O–H groups in total. The van der Waals surface area contributed by atoms with Crippen LogP contribution in [0.1, 0.15) is 15.2 Å². The number of hydrogen-bond donors (Lipinski definition) is 1. The van der Waals surface area contributed by atoms with Gasteiger partial charge in [-0.3, -0.25) is 10.1 Å². The van der Waals surface area contributed by atoms with Gasteiger partial charge in [-0.05, 0) is 12.1 Å². The maximum absolute atomic E-state index is 12.1. The van der Waals surface area contributed by atoms with E-state index in [9.17, 15) is 4.79 Å². The van der Waals surface area contributed by atoms with Gasteiger partial charge in [-0.15, -0.1) is 21.5 Å². The van der Waals surface area contributed by atoms with Gasteiger partial charge in [0.25, 0.3) is 5.91 Å². The number of nitriles is 1. The van der Waals surface area contributed by atoms with Crippen LogP contribution in [0.15, 0.2) is 35.7 Å². The fraction of sp³-hybridized carbons (Fsp3) is 0. The highest BCUT2D eigenvalue weighted by Crippen LogP contribution is 2.31. The van der Waals surface area contributed by atoms with Crippen LogP contribution in [-0.2, 0) is 0 Å². The molecule has 0 saturated carbocycles. The first kappa shape index (κ1) is 14.7. The van der Waals surface area contributed by atoms with E-state index in [2.05, 4.69) is 15.5 Å². The minimum absolute atomic E-state index is 0.312. The molecule has 0 aliphatic heterocycles. The average Bonchev–Trinajstić information content (AvgIpc) is 3.16. The number of nitrogens with zero attached hydrogens (tertiary/aromatic N) is 3. The van der Waals surface area contributed by atoms with E-state index in [1.54, 1.807) is 11.4 Å². The molecule has 2 aromatic heterocycles. The van der Waals surface area contributed by atoms with E-state index in [1.165, 1.54) is 28.7 Å². The number of thiophene rings is 1. The van der Waals surface area contributed by atoms with E-state index in [-0.39, 0.29) is 5.91 Å². The van der Waals surface area contributed by atoms with Crippen LogP contribution < -0.4 is 5.32 Å². The first-order chi connectivity index (χ1) is 10.7. The zero-order valence-corrected chi connectivity index (χ0v) is 13.3. The maximum atomic E-state index is 12.1. The lowest BCUT2D eigenvalue weighted by molar-refractivity contribution is 0.103. The molecule has 0 bridgehead atoms. The summed E-state index contributed by atoms with van der Waals surface area (Å²) in [6, 6.07) is 10.8. The summed E-state index contributed by atoms with van der Waals surface area (Å²) in [6.45, 7) is 0. The number of aromatic nitrogens is 2. The van der Waals surface area contributed by atoms with Gasteiger partial charge in [0.05, 0.1) is 15.5 Å². The van der Waals surface area contributed by atoms with Gasteiger partial charge in [0.15, 0.2) is 5.01 Å². The summed E-state index contributed by atoms with van der Waals surface area (Å²) in [5, 5.41) is 22.6. The molecule has 1 amide bonds. The van der Waals surface area contributed by atoms with Crippen LogP contribution in [0.3, 0.4) is 0 Å². The molecule has 0 spiro atoms. The van der Waals surface area contributed by atoms with E-state index in [4.69, 9.17) is 16.9 Å². The number of benzene rings is 1. The molecule has 0 saturated heterocycles. The average molecular weight is 347 g/mol. The topological polar surface area (TPSA) is 78.7 Å². The number of rotatable bonds is 3. The quantitative estimate of drug-likeness (QED) is 0.776. The van der Waals surface area contributed by atoms with Gasteiger partial charge in [-0.2, -0.15) is 5.26 Å². The largest absolute Gasteiger partial charge is 0.296 e. The molecule has 5 nitrogen and oxygen atoms in total. The molecule has 0 aliphatic carbocycles. The molecule has 1 aromatic carbocycles. The van der Waals surface area contributed by atoms with E-state index < -0.39 is 0 Å². The van der Waals surface area contributed by atoms with E-state index in [0.717, 1.165) is 5.56 Å². The second-order valence-corrected chi connectivity index (χ2v) is 6.45. The predicted molar refractivity (Wildman–Crippen MR) is 87.3 cm³/mol. The van der Waals surface area contributed by atoms with Crippen molar-refractivity contribution in [1.82, 2.24) is 10.2 Å². The molecule has 0 radical (unpaired) electrons. The van der Waals surface area contributed by atoms with Crippen molar-refractivity contribution < 1.29 is 4.79 Å². The van der Waals surface area contributed by atoms with Gasteiger partial charge in [-0.1, -0.05) is 41.1 Å². The highest BCUT2D eigenvalue weighted by molar-refractivity contribution is 7.18. The second-order valence-electron chi connectivity index (χ2n) is 4.16. The minimum Gasteiger partial charge on any atom is -0.296 e. The predicted octanol–water partition coefficient (Wildman–Crippen LogP) is 4.04. The number of hydrogen-bond acceptors (Lipinski definition) is 6. The third-order valence-electron chi connectivity index (χ3n) is 2.70. The van der Waals surface area contributed by atoms with Crippen molar-refractivity contribution >= 4 is 45.3 Å². The van der Waals surface area contributed by atoms with Crippen LogP contribution in [0.5, 0.6) is 0 Å². The summed E-state index contributed by atoms with van der Waals surface area (Å²) in [5.41, 5.74) is 1.23. The Morgan fingerprint density at radius 3 is 2.86 bits per heavy atom. The van der Waals surface area contributed by atoms with Crippen LogP contribution in [0.2, 0.25) is 5.02 Å². The molecule has 3 rings (SSSR count). The smallest absolute Gasteiger partial charge is 0.267 e. The lowest BCUT2D eigenvalue weighted by Gasteiger charge is -1.98. The zero-order chi connectivity index (χ0) is 15.5. The SMILES string of the molecule is N#Cc1csc(C(=O)Nc2nnc(-c3ccccc3Cl)s2)c1. The third kappa shape index (κ3) is 2.99. The monoisotopic (exact) mass is 346 g/mol. The molecule has 0 aliphatic rings. The number of nitrogens with one attached hydrogen (secondary N) is 1. The molecule has 2 heterocycles. The van der Waals surface area contributed by atoms with Crippen molar-refractivity contribution in [2.75, 3.05) is 5.32 Å². The van der Waals surface area contributed by atoms with Crippen LogP contribution >= 0.6 is 34.3 Å². The Morgan fingerprint density at radius 1 is 1.32 bits per heavy atom. The molecule has 0 unspecified atom stereocenters. The highest BCUT2D eigenvalue weighted by atomic mass is 35.5. The van der Waals surface area contributed by atoms with Gasteiger partial charge in [0.1, 0.15) is 6.07 Å². The number of carbonyl (C=O) groups is 1. The second kappa shape index (κ2) is 6.23. The van der Waals surface area contributed by atoms with E-state index >= 15 is 0 Å². The van der Waals surface area contributed by atoms with Crippen LogP contribution in [0.25, 0.3) is 10.6 Å². The molecule has 108 valence electrons. The Labute approximate surface area is 138 Å². The van der Waals surface area contributed by atoms with Crippen molar-refractivity contribution in [1.29, 1.82) is 5.26 Å². The number of amides is 1. The summed E-state index contributed by atoms with van der Waals surface area (Å²) >= 11 is 8.56. The minimum atomic E-state index is -0.312. The Morgan fingerprint density at radius 2 is 2.14 bits per heavy atom. The van der Waals surface area contributed by atoms with Gasteiger partial charge >= 0.3 is 0 Å². The van der Waals surface area contributed by atoms with Crippen molar-refractivity contribution in [3.63, 3.8) is 0 Å². The van der Waals surface area contributed by atoms with Crippen LogP contribution in [0, 0.1) is 11.3 Å². The van der Waals surface area contributed by atoms with Crippen LogP contribution in [-0.4, -0.2) is 16.1 Å². The van der Waals surface area contributed by atoms with Crippen molar-refractivity contribution in [3.05, 3.63) is 51.2 Å². The molecule has 0 atom stereocenters. The molecular weight excluding hydrogens is 340 g/mol. The zero-order valence-electron chi connectivity index (χ0n) is 10.9. The van der Waals surface area contributed by atoms with Gasteiger partial charge in [0.2, 0.25) is 5.13 Å². The number of halogens is 1. The molecule has 8 heteroatoms. The summed E-state index contributed by atoms with van der Waals surface area (Å²) in [6.07, 6.45) is 0. The molecule has 0 fully saturated rings. The van der Waals surface area contributed by atoms with Gasteiger partial charge in [0, 0.05) is 10.9 Å². The van der Waals surface area contributed by atoms with Gasteiger partial charge < -0.3 is 0 Å². The highest BCUT2D eigenvalue weighted by Gasteiger charge is 2.14. The molecule has 22 heavy (non-hydrogen) atoms. The third-order valence-corrected chi connectivity index (χ3v) is 4.83. The fourth-order valence-electron chi connectivity index (χ4n) is 1.69. The normalized spacial score (nSPS) is 10.2. The first-order valence-electron chi connectivity index (χ1n) is 6.06. The summed E-state index contributed by atoms with van der Waals surface area (Å²) in [7, 11) is 0. The lowest BCUT2D eigenvalue weighted by atomic mass is 10.2. The molecule has 3 aromatic rings. The standard InChI is InChI=1S/C14H7ClN4OS2/c15-10-4-2-1-3-9(10)13-18-19-14(22-13)17-12(20)11-5-8(6-16)7-21-11/h1-5,7H,(H,17,19,20). The Bertz CT molecular complexity index is 881. The molecular formula is C14H7ClN4OS2. The number of anilines is 1. The van der Waals surface area contributed by atoms with Crippen molar-refractivity contribution in [2.24, 2.45) is 0 Å². The van der Waals surface area contributed by atoms with Gasteiger partial charge in [-0.25, -0.2) is 0 Å². The van der Waals surface area contributed by atoms with Crippen molar-refractivity contribution in [2.45, 2.75) is 0 Å². The Balaban J connectivity index is 1.79. The van der Waals surface area contributed by atoms with E-state index in [1.807, 2.05) is 24.3 Å². The Kier molecular flexibility index (Phi) is 4.15. The Hall–Kier alpha value is -2.27. The van der Waals surface area contributed by atoms with E-state index in [0.29, 0.717) is 25.6 Å². The lowest BCUT2D eigenvalue weighted by Crippen LogP contribution is -2.09.